The summed E-state index contributed by atoms with van der Waals surface area (Å²) in [6.07, 6.45) is 1.66. The third-order valence-corrected chi connectivity index (χ3v) is 4.66. The first-order valence-electron chi connectivity index (χ1n) is 8.47. The summed E-state index contributed by atoms with van der Waals surface area (Å²) in [5, 5.41) is 2.19. The van der Waals surface area contributed by atoms with E-state index < -0.39 is 5.54 Å². The quantitative estimate of drug-likeness (QED) is 0.883. The zero-order chi connectivity index (χ0) is 17.3. The van der Waals surface area contributed by atoms with Crippen LogP contribution >= 0.6 is 0 Å². The Morgan fingerprint density at radius 1 is 1.12 bits per heavy atom. The summed E-state index contributed by atoms with van der Waals surface area (Å²) in [6, 6.07) is 13.8. The standard InChI is InChI=1S/C20H24N2O2/c1-20(2,21)19(24)22-11-5-8-17(13-22)18(23)16-10-9-14-6-3-4-7-15(14)12-16/h3-4,6-7,9-10,12,17H,5,8,11,13,21H2,1-2H3/t17-/m0/s1. The monoisotopic (exact) mass is 324 g/mol. The van der Waals surface area contributed by atoms with Gasteiger partial charge in [-0.05, 0) is 43.5 Å². The normalized spacial score (nSPS) is 18.6. The van der Waals surface area contributed by atoms with Gasteiger partial charge >= 0.3 is 0 Å². The molecule has 0 radical (unpaired) electrons. The van der Waals surface area contributed by atoms with Gasteiger partial charge in [-0.3, -0.25) is 9.59 Å². The van der Waals surface area contributed by atoms with Crippen LogP contribution in [0, 0.1) is 5.92 Å². The molecule has 3 rings (SSSR count). The summed E-state index contributed by atoms with van der Waals surface area (Å²) in [7, 11) is 0. The molecule has 0 saturated carbocycles. The van der Waals surface area contributed by atoms with Gasteiger partial charge in [0.1, 0.15) is 0 Å². The molecular weight excluding hydrogens is 300 g/mol. The molecule has 2 aromatic rings. The van der Waals surface area contributed by atoms with Gasteiger partial charge in [0.05, 0.1) is 5.54 Å². The summed E-state index contributed by atoms with van der Waals surface area (Å²) in [5.41, 5.74) is 5.76. The van der Waals surface area contributed by atoms with Crippen molar-refractivity contribution in [1.82, 2.24) is 4.90 Å². The molecular formula is C20H24N2O2. The topological polar surface area (TPSA) is 63.4 Å². The van der Waals surface area contributed by atoms with E-state index in [9.17, 15) is 9.59 Å². The molecule has 0 unspecified atom stereocenters. The second-order valence-corrected chi connectivity index (χ2v) is 7.24. The van der Waals surface area contributed by atoms with Gasteiger partial charge in [0.15, 0.2) is 5.78 Å². The second-order valence-electron chi connectivity index (χ2n) is 7.24. The minimum Gasteiger partial charge on any atom is -0.340 e. The number of piperidine rings is 1. The zero-order valence-electron chi connectivity index (χ0n) is 14.3. The Morgan fingerprint density at radius 3 is 2.54 bits per heavy atom. The second kappa shape index (κ2) is 6.36. The van der Waals surface area contributed by atoms with Crippen LogP contribution in [-0.2, 0) is 4.79 Å². The number of carbonyl (C=O) groups excluding carboxylic acids is 2. The van der Waals surface area contributed by atoms with Crippen LogP contribution in [0.5, 0.6) is 0 Å². The van der Waals surface area contributed by atoms with Gasteiger partial charge in [-0.25, -0.2) is 0 Å². The van der Waals surface area contributed by atoms with Gasteiger partial charge in [0.2, 0.25) is 5.91 Å². The molecule has 0 spiro atoms. The van der Waals surface area contributed by atoms with Crippen molar-refractivity contribution in [2.75, 3.05) is 13.1 Å². The molecule has 1 saturated heterocycles. The molecule has 126 valence electrons. The van der Waals surface area contributed by atoms with Gasteiger partial charge in [-0.1, -0.05) is 36.4 Å². The Hall–Kier alpha value is -2.20. The predicted molar refractivity (Wildman–Crippen MR) is 95.8 cm³/mol. The van der Waals surface area contributed by atoms with Crippen LogP contribution in [-0.4, -0.2) is 35.2 Å². The van der Waals surface area contributed by atoms with E-state index in [2.05, 4.69) is 0 Å². The number of carbonyl (C=O) groups is 2. The van der Waals surface area contributed by atoms with Gasteiger partial charge in [-0.15, -0.1) is 0 Å². The van der Waals surface area contributed by atoms with Crippen molar-refractivity contribution >= 4 is 22.5 Å². The SMILES string of the molecule is CC(C)(N)C(=O)N1CCC[C@H](C(=O)c2ccc3ccccc3c2)C1. The number of hydrogen-bond donors (Lipinski definition) is 1. The molecule has 1 aliphatic heterocycles. The summed E-state index contributed by atoms with van der Waals surface area (Å²) < 4.78 is 0. The zero-order valence-corrected chi connectivity index (χ0v) is 14.3. The lowest BCUT2D eigenvalue weighted by atomic mass is 9.88. The smallest absolute Gasteiger partial charge is 0.242 e. The first-order chi connectivity index (χ1) is 11.4. The van der Waals surface area contributed by atoms with Crippen molar-refractivity contribution < 1.29 is 9.59 Å². The molecule has 1 atom stereocenters. The molecule has 4 nitrogen and oxygen atoms in total. The van der Waals surface area contributed by atoms with Gasteiger partial charge in [0.25, 0.3) is 0 Å². The Morgan fingerprint density at radius 2 is 1.83 bits per heavy atom. The number of Topliss-reactive ketones (excluding diaryl/α,β-unsaturated/α-hetero) is 1. The summed E-state index contributed by atoms with van der Waals surface area (Å²) >= 11 is 0. The van der Waals surface area contributed by atoms with Gasteiger partial charge < -0.3 is 10.6 Å². The van der Waals surface area contributed by atoms with Crippen molar-refractivity contribution in [2.24, 2.45) is 11.7 Å². The maximum absolute atomic E-state index is 12.9. The number of benzene rings is 2. The van der Waals surface area contributed by atoms with E-state index in [-0.39, 0.29) is 17.6 Å². The van der Waals surface area contributed by atoms with Crippen LogP contribution in [0.4, 0.5) is 0 Å². The van der Waals surface area contributed by atoms with E-state index in [1.54, 1.807) is 18.7 Å². The van der Waals surface area contributed by atoms with E-state index >= 15 is 0 Å². The van der Waals surface area contributed by atoms with Crippen molar-refractivity contribution in [1.29, 1.82) is 0 Å². The first kappa shape index (κ1) is 16.7. The fraction of sp³-hybridized carbons (Fsp3) is 0.400. The average Bonchev–Trinajstić information content (AvgIpc) is 2.59. The molecule has 4 heteroatoms. The number of fused-ring (bicyclic) bond motifs is 1. The molecule has 24 heavy (non-hydrogen) atoms. The molecule has 1 fully saturated rings. The van der Waals surface area contributed by atoms with Crippen LogP contribution in [0.3, 0.4) is 0 Å². The number of nitrogens with two attached hydrogens (primary N) is 1. The Bertz CT molecular complexity index is 777. The lowest BCUT2D eigenvalue weighted by Gasteiger charge is -2.35. The molecule has 2 N–H and O–H groups in total. The number of likely N-dealkylation sites (tertiary alicyclic amines) is 1. The van der Waals surface area contributed by atoms with E-state index in [1.807, 2.05) is 42.5 Å². The fourth-order valence-electron chi connectivity index (χ4n) is 3.36. The van der Waals surface area contributed by atoms with Crippen LogP contribution in [0.25, 0.3) is 10.8 Å². The Balaban J connectivity index is 1.79. The van der Waals surface area contributed by atoms with Gasteiger partial charge in [0, 0.05) is 24.6 Å². The van der Waals surface area contributed by atoms with Crippen molar-refractivity contribution in [3.63, 3.8) is 0 Å². The molecule has 1 heterocycles. The highest BCUT2D eigenvalue weighted by atomic mass is 16.2. The van der Waals surface area contributed by atoms with Gasteiger partial charge in [-0.2, -0.15) is 0 Å². The Labute approximate surface area is 142 Å². The van der Waals surface area contributed by atoms with Crippen LogP contribution in [0.2, 0.25) is 0 Å². The maximum atomic E-state index is 12.9. The maximum Gasteiger partial charge on any atom is 0.242 e. The Kier molecular flexibility index (Phi) is 4.41. The number of rotatable bonds is 3. The lowest BCUT2D eigenvalue weighted by Crippen LogP contribution is -2.54. The largest absolute Gasteiger partial charge is 0.340 e. The summed E-state index contributed by atoms with van der Waals surface area (Å²) in [5.74, 6) is -0.113. The van der Waals surface area contributed by atoms with Crippen molar-refractivity contribution in [3.05, 3.63) is 48.0 Å². The van der Waals surface area contributed by atoms with E-state index in [0.717, 1.165) is 29.2 Å². The van der Waals surface area contributed by atoms with Crippen LogP contribution in [0.15, 0.2) is 42.5 Å². The molecule has 1 amide bonds. The molecule has 0 aromatic heterocycles. The molecule has 1 aliphatic rings. The number of ketones is 1. The highest BCUT2D eigenvalue weighted by molar-refractivity contribution is 6.01. The van der Waals surface area contributed by atoms with Crippen molar-refractivity contribution in [2.45, 2.75) is 32.2 Å². The summed E-state index contributed by atoms with van der Waals surface area (Å²) in [4.78, 5) is 27.0. The highest BCUT2D eigenvalue weighted by Gasteiger charge is 2.34. The third kappa shape index (κ3) is 3.34. The van der Waals surface area contributed by atoms with E-state index in [4.69, 9.17) is 5.73 Å². The molecule has 0 aliphatic carbocycles. The summed E-state index contributed by atoms with van der Waals surface area (Å²) in [6.45, 7) is 4.57. The first-order valence-corrected chi connectivity index (χ1v) is 8.47. The minimum atomic E-state index is -0.895. The van der Waals surface area contributed by atoms with Crippen molar-refractivity contribution in [3.8, 4) is 0 Å². The van der Waals surface area contributed by atoms with E-state index in [1.165, 1.54) is 0 Å². The number of nitrogens with zero attached hydrogens (tertiary/aromatic N) is 1. The predicted octanol–water partition coefficient (Wildman–Crippen LogP) is 3.00. The number of amides is 1. The molecule has 0 bridgehead atoms. The third-order valence-electron chi connectivity index (χ3n) is 4.66. The number of hydrogen-bond acceptors (Lipinski definition) is 3. The van der Waals surface area contributed by atoms with Crippen LogP contribution < -0.4 is 5.73 Å². The highest BCUT2D eigenvalue weighted by Crippen LogP contribution is 2.24. The van der Waals surface area contributed by atoms with E-state index in [0.29, 0.717) is 13.1 Å². The lowest BCUT2D eigenvalue weighted by molar-refractivity contribution is -0.137. The fourth-order valence-corrected chi connectivity index (χ4v) is 3.36. The molecule has 2 aromatic carbocycles. The average molecular weight is 324 g/mol. The van der Waals surface area contributed by atoms with Crippen LogP contribution in [0.1, 0.15) is 37.0 Å². The minimum absolute atomic E-state index is 0.0847.